The number of nitrogens with zero attached hydrogens (tertiary/aromatic N) is 2. The number of fused-ring (bicyclic) bond motifs is 2. The van der Waals surface area contributed by atoms with E-state index in [1.165, 1.54) is 11.3 Å². The summed E-state index contributed by atoms with van der Waals surface area (Å²) in [4.78, 5) is 26.7. The fraction of sp³-hybridized carbons (Fsp3) is 0.250. The lowest BCUT2D eigenvalue weighted by atomic mass is 10.0. The van der Waals surface area contributed by atoms with Crippen molar-refractivity contribution >= 4 is 22.4 Å². The summed E-state index contributed by atoms with van der Waals surface area (Å²) in [7, 11) is 0. The molecule has 1 aromatic heterocycles. The number of aryl methyl sites for hydroxylation is 1. The Morgan fingerprint density at radius 3 is 2.77 bits per heavy atom. The van der Waals surface area contributed by atoms with Crippen molar-refractivity contribution in [1.82, 2.24) is 15.5 Å². The molecular weight excluding hydrogens is 328 g/mol. The fourth-order valence-corrected chi connectivity index (χ4v) is 3.52. The zero-order valence-electron chi connectivity index (χ0n) is 14.4. The van der Waals surface area contributed by atoms with E-state index >= 15 is 0 Å². The first-order valence-corrected chi connectivity index (χ1v) is 8.82. The Morgan fingerprint density at radius 1 is 1.12 bits per heavy atom. The van der Waals surface area contributed by atoms with Crippen molar-refractivity contribution < 1.29 is 4.79 Å². The third kappa shape index (κ3) is 3.06. The second kappa shape index (κ2) is 7.00. The molecule has 0 saturated heterocycles. The Bertz CT molecular complexity index is 1010. The van der Waals surface area contributed by atoms with E-state index in [1.807, 2.05) is 6.07 Å². The molecule has 1 amide bonds. The standard InChI is InChI=1S/C20H20N4O2/c25-19-16-9-3-2-8-15(16)18(22-23-19)20(26)21-11-13-24-12-5-7-14-6-1-4-10-17(14)24/h1-4,6,8-10H,5,7,11-13H2,(H,21,26)(H,23,25). The van der Waals surface area contributed by atoms with Crippen LogP contribution in [-0.4, -0.2) is 35.7 Å². The number of amides is 1. The molecule has 2 aromatic carbocycles. The van der Waals surface area contributed by atoms with Gasteiger partial charge >= 0.3 is 0 Å². The van der Waals surface area contributed by atoms with Crippen molar-refractivity contribution in [1.29, 1.82) is 0 Å². The number of para-hydroxylation sites is 1. The molecule has 1 aliphatic heterocycles. The number of hydrogen-bond donors (Lipinski definition) is 2. The fourth-order valence-electron chi connectivity index (χ4n) is 3.52. The SMILES string of the molecule is O=C(NCCN1CCCc2ccccc21)c1n[nH]c(=O)c2ccccc12. The molecule has 0 radical (unpaired) electrons. The molecule has 0 saturated carbocycles. The van der Waals surface area contributed by atoms with Crippen LogP contribution < -0.4 is 15.8 Å². The quantitative estimate of drug-likeness (QED) is 0.757. The van der Waals surface area contributed by atoms with E-state index in [0.29, 0.717) is 17.3 Å². The minimum absolute atomic E-state index is 0.249. The minimum atomic E-state index is -0.290. The van der Waals surface area contributed by atoms with Crippen LogP contribution in [0.25, 0.3) is 10.8 Å². The Hall–Kier alpha value is -3.15. The van der Waals surface area contributed by atoms with E-state index in [4.69, 9.17) is 0 Å². The summed E-state index contributed by atoms with van der Waals surface area (Å²) in [5.41, 5.74) is 2.57. The lowest BCUT2D eigenvalue weighted by molar-refractivity contribution is 0.0950. The van der Waals surface area contributed by atoms with Gasteiger partial charge in [0.25, 0.3) is 11.5 Å². The molecule has 6 nitrogen and oxygen atoms in total. The number of anilines is 1. The average molecular weight is 348 g/mol. The average Bonchev–Trinajstić information content (AvgIpc) is 2.68. The van der Waals surface area contributed by atoms with Crippen molar-refractivity contribution in [3.8, 4) is 0 Å². The second-order valence-corrected chi connectivity index (χ2v) is 6.42. The lowest BCUT2D eigenvalue weighted by Crippen LogP contribution is -2.38. The molecule has 0 atom stereocenters. The number of benzene rings is 2. The van der Waals surface area contributed by atoms with Gasteiger partial charge in [-0.3, -0.25) is 9.59 Å². The molecule has 0 aliphatic carbocycles. The highest BCUT2D eigenvalue weighted by molar-refractivity contribution is 6.04. The van der Waals surface area contributed by atoms with Gasteiger partial charge in [-0.2, -0.15) is 5.10 Å². The highest BCUT2D eigenvalue weighted by atomic mass is 16.2. The van der Waals surface area contributed by atoms with E-state index in [0.717, 1.165) is 25.9 Å². The number of hydrogen-bond acceptors (Lipinski definition) is 4. The zero-order chi connectivity index (χ0) is 17.9. The predicted octanol–water partition coefficient (Wildman–Crippen LogP) is 2.11. The van der Waals surface area contributed by atoms with Crippen LogP contribution in [0.5, 0.6) is 0 Å². The zero-order valence-corrected chi connectivity index (χ0v) is 14.4. The molecule has 2 heterocycles. The van der Waals surface area contributed by atoms with E-state index in [1.54, 1.807) is 24.3 Å². The maximum Gasteiger partial charge on any atom is 0.272 e. The molecule has 2 N–H and O–H groups in total. The van der Waals surface area contributed by atoms with Gasteiger partial charge in [-0.25, -0.2) is 5.10 Å². The maximum absolute atomic E-state index is 12.5. The molecule has 4 rings (SSSR count). The normalized spacial score (nSPS) is 13.5. The summed E-state index contributed by atoms with van der Waals surface area (Å²) >= 11 is 0. The number of nitrogens with one attached hydrogen (secondary N) is 2. The number of H-pyrrole nitrogens is 1. The molecule has 3 aromatic rings. The van der Waals surface area contributed by atoms with Crippen molar-refractivity contribution in [2.75, 3.05) is 24.5 Å². The van der Waals surface area contributed by atoms with Gasteiger partial charge in [-0.05, 0) is 30.5 Å². The summed E-state index contributed by atoms with van der Waals surface area (Å²) in [6, 6.07) is 15.4. The largest absolute Gasteiger partial charge is 0.370 e. The van der Waals surface area contributed by atoms with Gasteiger partial charge in [0.15, 0.2) is 5.69 Å². The second-order valence-electron chi connectivity index (χ2n) is 6.42. The van der Waals surface area contributed by atoms with Gasteiger partial charge in [0.1, 0.15) is 0 Å². The number of rotatable bonds is 4. The molecule has 26 heavy (non-hydrogen) atoms. The minimum Gasteiger partial charge on any atom is -0.370 e. The van der Waals surface area contributed by atoms with Gasteiger partial charge in [-0.1, -0.05) is 36.4 Å². The maximum atomic E-state index is 12.5. The number of aromatic nitrogens is 2. The van der Waals surface area contributed by atoms with Crippen molar-refractivity contribution in [2.24, 2.45) is 0 Å². The molecule has 0 bridgehead atoms. The van der Waals surface area contributed by atoms with Crippen molar-refractivity contribution in [3.63, 3.8) is 0 Å². The molecule has 0 spiro atoms. The van der Waals surface area contributed by atoms with Crippen LogP contribution in [-0.2, 0) is 6.42 Å². The van der Waals surface area contributed by atoms with Crippen LogP contribution in [0.2, 0.25) is 0 Å². The predicted molar refractivity (Wildman–Crippen MR) is 102 cm³/mol. The van der Waals surface area contributed by atoms with Gasteiger partial charge in [-0.15, -0.1) is 0 Å². The van der Waals surface area contributed by atoms with Crippen LogP contribution in [0.15, 0.2) is 53.3 Å². The topological polar surface area (TPSA) is 78.1 Å². The smallest absolute Gasteiger partial charge is 0.272 e. The highest BCUT2D eigenvalue weighted by Gasteiger charge is 2.17. The first-order valence-electron chi connectivity index (χ1n) is 8.82. The number of carbonyl (C=O) groups excluding carboxylic acids is 1. The van der Waals surface area contributed by atoms with Gasteiger partial charge in [0.05, 0.1) is 5.39 Å². The molecule has 1 aliphatic rings. The van der Waals surface area contributed by atoms with Crippen LogP contribution in [0.1, 0.15) is 22.5 Å². The first-order chi connectivity index (χ1) is 12.7. The number of aromatic amines is 1. The lowest BCUT2D eigenvalue weighted by Gasteiger charge is -2.31. The summed E-state index contributed by atoms with van der Waals surface area (Å²) < 4.78 is 0. The highest BCUT2D eigenvalue weighted by Crippen LogP contribution is 2.26. The molecule has 0 unspecified atom stereocenters. The van der Waals surface area contributed by atoms with E-state index < -0.39 is 0 Å². The third-order valence-electron chi connectivity index (χ3n) is 4.78. The third-order valence-corrected chi connectivity index (χ3v) is 4.78. The Balaban J connectivity index is 1.46. The molecule has 132 valence electrons. The monoisotopic (exact) mass is 348 g/mol. The van der Waals surface area contributed by atoms with Gasteiger partial charge in [0, 0.05) is 30.7 Å². The van der Waals surface area contributed by atoms with Gasteiger partial charge in [0.2, 0.25) is 0 Å². The Morgan fingerprint density at radius 2 is 1.88 bits per heavy atom. The van der Waals surface area contributed by atoms with Crippen LogP contribution in [0.4, 0.5) is 5.69 Å². The summed E-state index contributed by atoms with van der Waals surface area (Å²) in [6.45, 7) is 2.25. The summed E-state index contributed by atoms with van der Waals surface area (Å²) in [6.07, 6.45) is 2.23. The molecular formula is C20H20N4O2. The Kier molecular flexibility index (Phi) is 4.39. The van der Waals surface area contributed by atoms with Crippen molar-refractivity contribution in [3.05, 3.63) is 70.1 Å². The summed E-state index contributed by atoms with van der Waals surface area (Å²) in [5.74, 6) is -0.275. The van der Waals surface area contributed by atoms with Crippen LogP contribution in [0.3, 0.4) is 0 Å². The van der Waals surface area contributed by atoms with Gasteiger partial charge < -0.3 is 10.2 Å². The first kappa shape index (κ1) is 16.3. The van der Waals surface area contributed by atoms with E-state index in [9.17, 15) is 9.59 Å². The number of carbonyl (C=O) groups is 1. The van der Waals surface area contributed by atoms with Crippen LogP contribution in [0, 0.1) is 0 Å². The van der Waals surface area contributed by atoms with E-state index in [2.05, 4.69) is 38.6 Å². The molecule has 0 fully saturated rings. The van der Waals surface area contributed by atoms with Crippen molar-refractivity contribution in [2.45, 2.75) is 12.8 Å². The molecule has 6 heteroatoms. The van der Waals surface area contributed by atoms with E-state index in [-0.39, 0.29) is 17.2 Å². The van der Waals surface area contributed by atoms with Crippen LogP contribution >= 0.6 is 0 Å². The summed E-state index contributed by atoms with van der Waals surface area (Å²) in [5, 5.41) is 10.3. The Labute approximate surface area is 150 Å².